The van der Waals surface area contributed by atoms with Gasteiger partial charge in [0.1, 0.15) is 0 Å². The number of ketones is 1. The number of esters is 1. The van der Waals surface area contributed by atoms with Crippen LogP contribution in [0.5, 0.6) is 0 Å². The number of benzene rings is 2. The Balaban J connectivity index is 2.37. The molecule has 0 amide bonds. The van der Waals surface area contributed by atoms with Crippen LogP contribution in [-0.4, -0.2) is 23.8 Å². The van der Waals surface area contributed by atoms with E-state index in [2.05, 4.69) is 0 Å². The van der Waals surface area contributed by atoms with Gasteiger partial charge in [0.05, 0.1) is 18.0 Å². The van der Waals surface area contributed by atoms with Crippen LogP contribution in [0.15, 0.2) is 54.6 Å². The van der Waals surface area contributed by atoms with Crippen LogP contribution in [0.2, 0.25) is 0 Å². The second-order valence-corrected chi connectivity index (χ2v) is 4.88. The maximum Gasteiger partial charge on any atom is 0.313 e. The first-order valence-corrected chi connectivity index (χ1v) is 6.94. The quantitative estimate of drug-likeness (QED) is 0.354. The number of para-hydroxylation sites is 1. The molecular weight excluding hydrogens is 298 g/mol. The molecule has 0 aliphatic carbocycles. The molecule has 118 valence electrons. The smallest absolute Gasteiger partial charge is 0.313 e. The molecule has 0 saturated heterocycles. The minimum atomic E-state index is -1.02. The van der Waals surface area contributed by atoms with Gasteiger partial charge in [0.2, 0.25) is 0 Å². The van der Waals surface area contributed by atoms with E-state index in [1.807, 2.05) is 0 Å². The Hall–Kier alpha value is -3.02. The van der Waals surface area contributed by atoms with E-state index in [0.29, 0.717) is 5.56 Å². The standard InChI is InChI=1S/C17H15NO5/c1-23-17(20)14(11-16(19)12-7-3-2-4-8-12)13-9-5-6-10-15(13)18(21)22/h2-10,14H,11H2,1H3/t14-/m1/s1. The molecule has 2 rings (SSSR count). The molecular formula is C17H15NO5. The summed E-state index contributed by atoms with van der Waals surface area (Å²) >= 11 is 0. The van der Waals surface area contributed by atoms with Crippen LogP contribution in [0.25, 0.3) is 0 Å². The van der Waals surface area contributed by atoms with Crippen molar-refractivity contribution in [2.75, 3.05) is 7.11 Å². The van der Waals surface area contributed by atoms with Gasteiger partial charge in [-0.25, -0.2) is 0 Å². The first kappa shape index (κ1) is 16.4. The van der Waals surface area contributed by atoms with Crippen LogP contribution in [0, 0.1) is 10.1 Å². The van der Waals surface area contributed by atoms with Gasteiger partial charge in [-0.05, 0) is 0 Å². The van der Waals surface area contributed by atoms with Crippen LogP contribution in [0.4, 0.5) is 5.69 Å². The Morgan fingerprint density at radius 1 is 1.09 bits per heavy atom. The minimum Gasteiger partial charge on any atom is -0.469 e. The van der Waals surface area contributed by atoms with Gasteiger partial charge in [0.25, 0.3) is 5.69 Å². The fourth-order valence-corrected chi connectivity index (χ4v) is 2.34. The van der Waals surface area contributed by atoms with Gasteiger partial charge in [-0.2, -0.15) is 0 Å². The fraction of sp³-hybridized carbons (Fsp3) is 0.176. The number of hydrogen-bond acceptors (Lipinski definition) is 5. The van der Waals surface area contributed by atoms with Crippen molar-refractivity contribution in [1.82, 2.24) is 0 Å². The van der Waals surface area contributed by atoms with Crippen LogP contribution >= 0.6 is 0 Å². The summed E-state index contributed by atoms with van der Waals surface area (Å²) in [5.41, 5.74) is 0.414. The molecule has 0 saturated carbocycles. The van der Waals surface area contributed by atoms with Crippen LogP contribution in [0.1, 0.15) is 28.3 Å². The lowest BCUT2D eigenvalue weighted by molar-refractivity contribution is -0.385. The second kappa shape index (κ2) is 7.31. The van der Waals surface area contributed by atoms with Gasteiger partial charge in [-0.1, -0.05) is 48.5 Å². The monoisotopic (exact) mass is 313 g/mol. The number of ether oxygens (including phenoxy) is 1. The highest BCUT2D eigenvalue weighted by molar-refractivity contribution is 5.99. The lowest BCUT2D eigenvalue weighted by atomic mass is 9.90. The number of nitro groups is 1. The van der Waals surface area contributed by atoms with Crippen molar-refractivity contribution < 1.29 is 19.2 Å². The van der Waals surface area contributed by atoms with E-state index < -0.39 is 16.8 Å². The SMILES string of the molecule is COC(=O)[C@H](CC(=O)c1ccccc1)c1ccccc1[N+](=O)[O-]. The molecule has 2 aromatic carbocycles. The molecule has 1 atom stereocenters. The van der Waals surface area contributed by atoms with Crippen LogP contribution in [0.3, 0.4) is 0 Å². The Morgan fingerprint density at radius 3 is 2.30 bits per heavy atom. The normalized spacial score (nSPS) is 11.5. The molecule has 0 radical (unpaired) electrons. The number of rotatable bonds is 6. The zero-order valence-electron chi connectivity index (χ0n) is 12.5. The van der Waals surface area contributed by atoms with Gasteiger partial charge in [0, 0.05) is 23.6 Å². The maximum absolute atomic E-state index is 12.4. The summed E-state index contributed by atoms with van der Waals surface area (Å²) in [7, 11) is 1.19. The summed E-state index contributed by atoms with van der Waals surface area (Å²) in [5, 5.41) is 11.2. The minimum absolute atomic E-state index is 0.175. The molecule has 0 spiro atoms. The molecule has 0 aromatic heterocycles. The zero-order valence-corrected chi connectivity index (χ0v) is 12.5. The predicted molar refractivity (Wildman–Crippen MR) is 83.2 cm³/mol. The lowest BCUT2D eigenvalue weighted by Crippen LogP contribution is -2.19. The number of Topliss-reactive ketones (excluding diaryl/α,β-unsaturated/α-hetero) is 1. The molecule has 0 unspecified atom stereocenters. The number of methoxy groups -OCH3 is 1. The van der Waals surface area contributed by atoms with Crippen molar-refractivity contribution in [3.63, 3.8) is 0 Å². The Kier molecular flexibility index (Phi) is 5.19. The molecule has 0 aliphatic heterocycles. The van der Waals surface area contributed by atoms with Gasteiger partial charge in [-0.3, -0.25) is 19.7 Å². The largest absolute Gasteiger partial charge is 0.469 e. The third-order valence-electron chi connectivity index (χ3n) is 3.48. The van der Waals surface area contributed by atoms with Crippen LogP contribution in [-0.2, 0) is 9.53 Å². The highest BCUT2D eigenvalue weighted by atomic mass is 16.6. The number of hydrogen-bond donors (Lipinski definition) is 0. The topological polar surface area (TPSA) is 86.5 Å². The van der Waals surface area contributed by atoms with E-state index >= 15 is 0 Å². The highest BCUT2D eigenvalue weighted by Gasteiger charge is 2.30. The summed E-state index contributed by atoms with van der Waals surface area (Å²) in [6.07, 6.45) is -0.193. The van der Waals surface area contributed by atoms with Crippen molar-refractivity contribution in [2.24, 2.45) is 0 Å². The number of carbonyl (C=O) groups excluding carboxylic acids is 2. The van der Waals surface area contributed by atoms with Crippen molar-refractivity contribution in [3.8, 4) is 0 Å². The Morgan fingerprint density at radius 2 is 1.70 bits per heavy atom. The van der Waals surface area contributed by atoms with Crippen molar-refractivity contribution in [1.29, 1.82) is 0 Å². The Labute approximate surface area is 132 Å². The molecule has 6 nitrogen and oxygen atoms in total. The summed E-state index contributed by atoms with van der Waals surface area (Å²) in [5.74, 6) is -1.97. The van der Waals surface area contributed by atoms with Crippen molar-refractivity contribution >= 4 is 17.4 Å². The van der Waals surface area contributed by atoms with E-state index in [1.54, 1.807) is 36.4 Å². The maximum atomic E-state index is 12.4. The van der Waals surface area contributed by atoms with Crippen molar-refractivity contribution in [2.45, 2.75) is 12.3 Å². The zero-order chi connectivity index (χ0) is 16.8. The van der Waals surface area contributed by atoms with Gasteiger partial charge < -0.3 is 4.74 Å². The average Bonchev–Trinajstić information content (AvgIpc) is 2.59. The molecule has 23 heavy (non-hydrogen) atoms. The van der Waals surface area contributed by atoms with E-state index in [-0.39, 0.29) is 23.5 Å². The highest BCUT2D eigenvalue weighted by Crippen LogP contribution is 2.30. The number of nitro benzene ring substituents is 1. The van der Waals surface area contributed by atoms with Gasteiger partial charge in [0.15, 0.2) is 5.78 Å². The summed E-state index contributed by atoms with van der Waals surface area (Å²) in [6.45, 7) is 0. The third-order valence-corrected chi connectivity index (χ3v) is 3.48. The first-order chi connectivity index (χ1) is 11.0. The van der Waals surface area contributed by atoms with E-state index in [4.69, 9.17) is 4.74 Å². The molecule has 0 N–H and O–H groups in total. The molecule has 0 aliphatic rings. The second-order valence-electron chi connectivity index (χ2n) is 4.88. The van der Waals surface area contributed by atoms with Gasteiger partial charge in [-0.15, -0.1) is 0 Å². The summed E-state index contributed by atoms with van der Waals surface area (Å²) in [6, 6.07) is 14.3. The molecule has 0 fully saturated rings. The molecule has 2 aromatic rings. The summed E-state index contributed by atoms with van der Waals surface area (Å²) in [4.78, 5) is 35.0. The Bertz CT molecular complexity index is 727. The van der Waals surface area contributed by atoms with Gasteiger partial charge >= 0.3 is 5.97 Å². The summed E-state index contributed by atoms with van der Waals surface area (Å²) < 4.78 is 4.72. The third kappa shape index (κ3) is 3.79. The average molecular weight is 313 g/mol. The molecule has 0 heterocycles. The number of carbonyl (C=O) groups is 2. The van der Waals surface area contributed by atoms with Crippen molar-refractivity contribution in [3.05, 3.63) is 75.8 Å². The molecule has 6 heteroatoms. The van der Waals surface area contributed by atoms with E-state index in [1.165, 1.54) is 25.3 Å². The van der Waals surface area contributed by atoms with E-state index in [0.717, 1.165) is 0 Å². The first-order valence-electron chi connectivity index (χ1n) is 6.94. The number of nitrogens with zero attached hydrogens (tertiary/aromatic N) is 1. The fourth-order valence-electron chi connectivity index (χ4n) is 2.34. The van der Waals surface area contributed by atoms with Crippen LogP contribution < -0.4 is 0 Å². The van der Waals surface area contributed by atoms with E-state index in [9.17, 15) is 19.7 Å². The molecule has 0 bridgehead atoms. The lowest BCUT2D eigenvalue weighted by Gasteiger charge is -2.14. The predicted octanol–water partition coefficient (Wildman–Crippen LogP) is 3.12.